The van der Waals surface area contributed by atoms with Crippen LogP contribution in [0.5, 0.6) is 0 Å². The molecule has 3 aromatic heterocycles. The summed E-state index contributed by atoms with van der Waals surface area (Å²) in [5, 5.41) is 19.1. The first kappa shape index (κ1) is 22.1. The highest BCUT2D eigenvalue weighted by atomic mass is 32.1. The van der Waals surface area contributed by atoms with Gasteiger partial charge in [0.05, 0.1) is 11.3 Å². The lowest BCUT2D eigenvalue weighted by Crippen LogP contribution is -2.15. The fourth-order valence-electron chi connectivity index (χ4n) is 4.11. The average molecular weight is 468 g/mol. The lowest BCUT2D eigenvalue weighted by Gasteiger charge is -2.13. The van der Waals surface area contributed by atoms with Crippen molar-refractivity contribution in [1.82, 2.24) is 15.3 Å². The van der Waals surface area contributed by atoms with Crippen molar-refractivity contribution >= 4 is 43.7 Å². The van der Waals surface area contributed by atoms with Crippen molar-refractivity contribution in [2.45, 2.75) is 13.0 Å². The monoisotopic (exact) mass is 467 g/mol. The number of ether oxygens (including phenoxy) is 1. The number of methoxy groups -OCH3 is 1. The number of nitriles is 1. The molecule has 0 aliphatic carbocycles. The predicted molar refractivity (Wildman–Crippen MR) is 140 cm³/mol. The van der Waals surface area contributed by atoms with Crippen LogP contribution in [-0.2, 0) is 11.3 Å². The number of thiophene rings is 1. The molecule has 0 fully saturated rings. The fourth-order valence-corrected chi connectivity index (χ4v) is 5.16. The molecule has 0 unspecified atom stereocenters. The number of H-pyrrole nitrogens is 1. The molecule has 5 rings (SSSR count). The van der Waals surface area contributed by atoms with Crippen LogP contribution in [0.1, 0.15) is 17.5 Å². The predicted octanol–water partition coefficient (Wildman–Crippen LogP) is 6.19. The molecule has 0 amide bonds. The molecule has 0 radical (unpaired) electrons. The molecule has 0 saturated carbocycles. The number of aromatic amines is 1. The van der Waals surface area contributed by atoms with Gasteiger partial charge in [0, 0.05) is 70.6 Å². The molecule has 0 aliphatic rings. The number of hydrogen-bond acceptors (Lipinski definition) is 6. The zero-order valence-electron chi connectivity index (χ0n) is 18.9. The Balaban J connectivity index is 1.47. The Kier molecular flexibility index (Phi) is 6.54. The Morgan fingerprint density at radius 1 is 1.15 bits per heavy atom. The van der Waals surface area contributed by atoms with Gasteiger partial charge in [-0.05, 0) is 60.3 Å². The Hall–Kier alpha value is -3.70. The molecule has 0 spiro atoms. The first-order valence-corrected chi connectivity index (χ1v) is 12.0. The lowest BCUT2D eigenvalue weighted by atomic mass is 10.1. The largest absolute Gasteiger partial charge is 0.385 e. The number of aromatic nitrogens is 2. The Morgan fingerprint density at radius 3 is 2.97 bits per heavy atom. The van der Waals surface area contributed by atoms with Crippen molar-refractivity contribution in [3.8, 4) is 16.5 Å². The van der Waals surface area contributed by atoms with E-state index >= 15 is 0 Å². The number of benzene rings is 2. The zero-order chi connectivity index (χ0) is 23.3. The van der Waals surface area contributed by atoms with Gasteiger partial charge in [0.15, 0.2) is 0 Å². The van der Waals surface area contributed by atoms with Gasteiger partial charge in [-0.1, -0.05) is 12.1 Å². The Labute approximate surface area is 202 Å². The molecular weight excluding hydrogens is 442 g/mol. The number of nitrogens with one attached hydrogen (secondary N) is 3. The third kappa shape index (κ3) is 4.52. The van der Waals surface area contributed by atoms with E-state index in [0.717, 1.165) is 58.8 Å². The second kappa shape index (κ2) is 10.1. The highest BCUT2D eigenvalue weighted by Gasteiger charge is 2.15. The van der Waals surface area contributed by atoms with Gasteiger partial charge in [-0.25, -0.2) is 0 Å². The van der Waals surface area contributed by atoms with E-state index in [4.69, 9.17) is 4.74 Å². The first-order valence-electron chi connectivity index (χ1n) is 11.2. The van der Waals surface area contributed by atoms with E-state index in [9.17, 15) is 5.26 Å². The van der Waals surface area contributed by atoms with E-state index in [2.05, 4.69) is 50.9 Å². The topological polar surface area (TPSA) is 85.8 Å². The smallest absolute Gasteiger partial charge is 0.103 e. The standard InChI is InChI=1S/C27H25N5OS/c1-33-11-3-9-29-15-18-6-7-25-19(12-18)13-26(34-25)22-17-30-16-20(14-28)27(22)32-24-5-2-4-23-21(24)8-10-31-23/h2,4-8,10,12-13,16-17,29,31H,3,9,11,15H2,1H3,(H,30,32). The van der Waals surface area contributed by atoms with Crippen LogP contribution in [0.3, 0.4) is 0 Å². The number of pyridine rings is 1. The summed E-state index contributed by atoms with van der Waals surface area (Å²) in [5.74, 6) is 0. The maximum absolute atomic E-state index is 9.81. The second-order valence-corrected chi connectivity index (χ2v) is 9.18. The molecule has 0 saturated heterocycles. The average Bonchev–Trinajstić information content (AvgIpc) is 3.51. The first-order chi connectivity index (χ1) is 16.8. The third-order valence-electron chi connectivity index (χ3n) is 5.80. The fraction of sp³-hybridized carbons (Fsp3) is 0.185. The summed E-state index contributed by atoms with van der Waals surface area (Å²) >= 11 is 1.71. The van der Waals surface area contributed by atoms with Crippen LogP contribution in [-0.4, -0.2) is 30.2 Å². The van der Waals surface area contributed by atoms with Gasteiger partial charge in [-0.15, -0.1) is 11.3 Å². The minimum Gasteiger partial charge on any atom is -0.385 e. The van der Waals surface area contributed by atoms with E-state index in [1.165, 1.54) is 15.6 Å². The highest BCUT2D eigenvalue weighted by molar-refractivity contribution is 7.22. The Morgan fingerprint density at radius 2 is 2.09 bits per heavy atom. The van der Waals surface area contributed by atoms with Crippen LogP contribution in [0.25, 0.3) is 31.4 Å². The molecule has 0 aliphatic heterocycles. The summed E-state index contributed by atoms with van der Waals surface area (Å²) < 4.78 is 6.31. The van der Waals surface area contributed by atoms with Crippen molar-refractivity contribution in [1.29, 1.82) is 5.26 Å². The van der Waals surface area contributed by atoms with Crippen molar-refractivity contribution < 1.29 is 4.74 Å². The maximum atomic E-state index is 9.81. The summed E-state index contributed by atoms with van der Waals surface area (Å²) in [4.78, 5) is 8.68. The van der Waals surface area contributed by atoms with Gasteiger partial charge in [0.1, 0.15) is 6.07 Å². The van der Waals surface area contributed by atoms with Crippen LogP contribution in [0.2, 0.25) is 0 Å². The van der Waals surface area contributed by atoms with Crippen molar-refractivity contribution in [2.24, 2.45) is 0 Å². The summed E-state index contributed by atoms with van der Waals surface area (Å²) in [5.41, 5.74) is 5.46. The maximum Gasteiger partial charge on any atom is 0.103 e. The molecule has 34 heavy (non-hydrogen) atoms. The molecule has 5 aromatic rings. The third-order valence-corrected chi connectivity index (χ3v) is 6.95. The summed E-state index contributed by atoms with van der Waals surface area (Å²) in [6.07, 6.45) is 6.37. The molecule has 0 atom stereocenters. The lowest BCUT2D eigenvalue weighted by molar-refractivity contribution is 0.194. The van der Waals surface area contributed by atoms with Gasteiger partial charge in [-0.3, -0.25) is 4.98 Å². The molecule has 6 nitrogen and oxygen atoms in total. The molecular formula is C27H25N5OS. The van der Waals surface area contributed by atoms with Gasteiger partial charge < -0.3 is 20.4 Å². The van der Waals surface area contributed by atoms with Crippen molar-refractivity contribution in [3.63, 3.8) is 0 Å². The van der Waals surface area contributed by atoms with Crippen molar-refractivity contribution in [2.75, 3.05) is 25.6 Å². The summed E-state index contributed by atoms with van der Waals surface area (Å²) in [6.45, 7) is 2.52. The van der Waals surface area contributed by atoms with E-state index in [1.54, 1.807) is 24.6 Å². The number of anilines is 2. The van der Waals surface area contributed by atoms with Crippen LogP contribution in [0.4, 0.5) is 11.4 Å². The molecule has 2 aromatic carbocycles. The molecule has 170 valence electrons. The van der Waals surface area contributed by atoms with E-state index in [-0.39, 0.29) is 0 Å². The second-order valence-electron chi connectivity index (χ2n) is 8.10. The minimum absolute atomic E-state index is 0.517. The summed E-state index contributed by atoms with van der Waals surface area (Å²) in [7, 11) is 1.73. The Bertz CT molecular complexity index is 1480. The number of fused-ring (bicyclic) bond motifs is 2. The number of nitrogens with zero attached hydrogens (tertiary/aromatic N) is 2. The van der Waals surface area contributed by atoms with Gasteiger partial charge in [0.2, 0.25) is 0 Å². The van der Waals surface area contributed by atoms with Crippen LogP contribution >= 0.6 is 11.3 Å². The van der Waals surface area contributed by atoms with Gasteiger partial charge >= 0.3 is 0 Å². The molecule has 3 heterocycles. The SMILES string of the molecule is COCCCNCc1ccc2sc(-c3cncc(C#N)c3Nc3cccc4[nH]ccc34)cc2c1. The molecule has 0 bridgehead atoms. The van der Waals surface area contributed by atoms with E-state index in [0.29, 0.717) is 5.56 Å². The van der Waals surface area contributed by atoms with E-state index in [1.807, 2.05) is 36.7 Å². The van der Waals surface area contributed by atoms with E-state index < -0.39 is 0 Å². The summed E-state index contributed by atoms with van der Waals surface area (Å²) in [6, 6.07) is 19.2. The van der Waals surface area contributed by atoms with Crippen LogP contribution in [0, 0.1) is 11.3 Å². The zero-order valence-corrected chi connectivity index (χ0v) is 19.7. The molecule has 3 N–H and O–H groups in total. The van der Waals surface area contributed by atoms with Gasteiger partial charge in [-0.2, -0.15) is 5.26 Å². The quantitative estimate of drug-likeness (QED) is 0.225. The number of rotatable bonds is 9. The van der Waals surface area contributed by atoms with Gasteiger partial charge in [0.25, 0.3) is 0 Å². The van der Waals surface area contributed by atoms with Crippen LogP contribution < -0.4 is 10.6 Å². The normalized spacial score (nSPS) is 11.2. The number of hydrogen-bond donors (Lipinski definition) is 3. The highest BCUT2D eigenvalue weighted by Crippen LogP contribution is 2.40. The van der Waals surface area contributed by atoms with Crippen LogP contribution in [0.15, 0.2) is 67.1 Å². The minimum atomic E-state index is 0.517. The van der Waals surface area contributed by atoms with Crippen molar-refractivity contribution in [3.05, 3.63) is 78.2 Å². The molecule has 7 heteroatoms.